The van der Waals surface area contributed by atoms with Crippen LogP contribution in [0.1, 0.15) is 15.9 Å². The molecular weight excluding hydrogens is 354 g/mol. The zero-order valence-electron chi connectivity index (χ0n) is 14.5. The Kier molecular flexibility index (Phi) is 5.65. The van der Waals surface area contributed by atoms with E-state index in [9.17, 15) is 13.2 Å². The molecule has 1 amide bonds. The fourth-order valence-electron chi connectivity index (χ4n) is 2.78. The van der Waals surface area contributed by atoms with Crippen LogP contribution in [0.4, 0.5) is 0 Å². The van der Waals surface area contributed by atoms with Crippen molar-refractivity contribution in [2.24, 2.45) is 0 Å². The molecule has 138 valence electrons. The molecule has 1 fully saturated rings. The van der Waals surface area contributed by atoms with Crippen LogP contribution >= 0.6 is 0 Å². The summed E-state index contributed by atoms with van der Waals surface area (Å²) in [5.41, 5.74) is 1.30. The minimum absolute atomic E-state index is 0.127. The van der Waals surface area contributed by atoms with E-state index in [-0.39, 0.29) is 10.8 Å². The van der Waals surface area contributed by atoms with E-state index in [1.807, 2.05) is 12.1 Å². The number of rotatable bonds is 5. The van der Waals surface area contributed by atoms with Crippen LogP contribution in [0.3, 0.4) is 0 Å². The molecule has 0 aliphatic carbocycles. The van der Waals surface area contributed by atoms with Crippen LogP contribution in [0.25, 0.3) is 0 Å². The van der Waals surface area contributed by atoms with Crippen molar-refractivity contribution in [2.45, 2.75) is 11.4 Å². The number of benzene rings is 1. The summed E-state index contributed by atoms with van der Waals surface area (Å²) >= 11 is 0. The normalized spacial score (nSPS) is 15.6. The van der Waals surface area contributed by atoms with E-state index in [1.54, 1.807) is 36.5 Å². The average molecular weight is 375 g/mol. The lowest BCUT2D eigenvalue weighted by molar-refractivity contribution is 0.0730. The second-order valence-corrected chi connectivity index (χ2v) is 8.00. The number of carbonyl (C=O) groups excluding carboxylic acids is 1. The summed E-state index contributed by atoms with van der Waals surface area (Å²) in [6.45, 7) is 1.83. The zero-order valence-corrected chi connectivity index (χ0v) is 15.4. The largest absolute Gasteiger partial charge is 0.379 e. The smallest absolute Gasteiger partial charge is 0.253 e. The SMILES string of the molecule is CN(Cc1ccncc1)C(=O)c1cccc(S(=O)(=O)N2CCOCC2)c1. The third-order valence-corrected chi connectivity index (χ3v) is 6.10. The van der Waals surface area contributed by atoms with Gasteiger partial charge in [0.2, 0.25) is 10.0 Å². The third-order valence-electron chi connectivity index (χ3n) is 4.20. The minimum atomic E-state index is -3.63. The first-order valence-electron chi connectivity index (χ1n) is 8.31. The molecule has 1 aromatic heterocycles. The van der Waals surface area contributed by atoms with Gasteiger partial charge in [-0.1, -0.05) is 6.07 Å². The summed E-state index contributed by atoms with van der Waals surface area (Å²) in [7, 11) is -1.94. The second kappa shape index (κ2) is 7.94. The molecule has 0 bridgehead atoms. The van der Waals surface area contributed by atoms with Crippen molar-refractivity contribution >= 4 is 15.9 Å². The molecule has 1 aromatic carbocycles. The Bertz CT molecular complexity index is 865. The minimum Gasteiger partial charge on any atom is -0.379 e. The lowest BCUT2D eigenvalue weighted by Crippen LogP contribution is -2.40. The number of pyridine rings is 1. The van der Waals surface area contributed by atoms with E-state index >= 15 is 0 Å². The van der Waals surface area contributed by atoms with Crippen LogP contribution in [0.5, 0.6) is 0 Å². The lowest BCUT2D eigenvalue weighted by Gasteiger charge is -2.26. The monoisotopic (exact) mass is 375 g/mol. The highest BCUT2D eigenvalue weighted by atomic mass is 32.2. The van der Waals surface area contributed by atoms with Gasteiger partial charge in [-0.05, 0) is 35.9 Å². The Morgan fingerprint density at radius 2 is 1.88 bits per heavy atom. The molecule has 0 spiro atoms. The summed E-state index contributed by atoms with van der Waals surface area (Å²) in [6, 6.07) is 9.86. The number of aromatic nitrogens is 1. The van der Waals surface area contributed by atoms with Crippen molar-refractivity contribution in [3.8, 4) is 0 Å². The number of hydrogen-bond acceptors (Lipinski definition) is 5. The molecule has 0 N–H and O–H groups in total. The van der Waals surface area contributed by atoms with Crippen molar-refractivity contribution in [3.63, 3.8) is 0 Å². The van der Waals surface area contributed by atoms with Gasteiger partial charge < -0.3 is 9.64 Å². The summed E-state index contributed by atoms with van der Waals surface area (Å²) in [5.74, 6) is -0.235. The predicted octanol–water partition coefficient (Wildman–Crippen LogP) is 1.37. The summed E-state index contributed by atoms with van der Waals surface area (Å²) in [5, 5.41) is 0. The molecular formula is C18H21N3O4S. The molecule has 0 unspecified atom stereocenters. The van der Waals surface area contributed by atoms with Gasteiger partial charge in [0.1, 0.15) is 0 Å². The molecule has 2 aromatic rings. The van der Waals surface area contributed by atoms with Gasteiger partial charge in [0.15, 0.2) is 0 Å². The number of carbonyl (C=O) groups is 1. The fourth-order valence-corrected chi connectivity index (χ4v) is 4.23. The molecule has 1 aliphatic rings. The second-order valence-electron chi connectivity index (χ2n) is 6.06. The van der Waals surface area contributed by atoms with Gasteiger partial charge >= 0.3 is 0 Å². The summed E-state index contributed by atoms with van der Waals surface area (Å²) < 4.78 is 32.1. The Hall–Kier alpha value is -2.29. The highest BCUT2D eigenvalue weighted by molar-refractivity contribution is 7.89. The molecule has 0 radical (unpaired) electrons. The van der Waals surface area contributed by atoms with Gasteiger partial charge in [-0.3, -0.25) is 9.78 Å². The van der Waals surface area contributed by atoms with Crippen molar-refractivity contribution < 1.29 is 17.9 Å². The number of hydrogen-bond donors (Lipinski definition) is 0. The first kappa shape index (κ1) is 18.5. The average Bonchev–Trinajstić information content (AvgIpc) is 2.69. The van der Waals surface area contributed by atoms with Crippen LogP contribution in [-0.4, -0.2) is 61.9 Å². The van der Waals surface area contributed by atoms with E-state index in [4.69, 9.17) is 4.74 Å². The quantitative estimate of drug-likeness (QED) is 0.789. The van der Waals surface area contributed by atoms with Crippen molar-refractivity contribution in [1.29, 1.82) is 0 Å². The number of amides is 1. The maximum atomic E-state index is 12.8. The van der Waals surface area contributed by atoms with Crippen LogP contribution < -0.4 is 0 Å². The maximum Gasteiger partial charge on any atom is 0.253 e. The van der Waals surface area contributed by atoms with Crippen LogP contribution in [-0.2, 0) is 21.3 Å². The summed E-state index contributed by atoms with van der Waals surface area (Å²) in [4.78, 5) is 18.3. The van der Waals surface area contributed by atoms with Gasteiger partial charge in [-0.15, -0.1) is 0 Å². The highest BCUT2D eigenvalue weighted by Crippen LogP contribution is 2.19. The first-order valence-corrected chi connectivity index (χ1v) is 9.75. The molecule has 3 rings (SSSR count). The molecule has 26 heavy (non-hydrogen) atoms. The summed E-state index contributed by atoms with van der Waals surface area (Å²) in [6.07, 6.45) is 3.34. The molecule has 2 heterocycles. The highest BCUT2D eigenvalue weighted by Gasteiger charge is 2.27. The van der Waals surface area contributed by atoms with Crippen molar-refractivity contribution in [3.05, 3.63) is 59.9 Å². The lowest BCUT2D eigenvalue weighted by atomic mass is 10.2. The van der Waals surface area contributed by atoms with Crippen LogP contribution in [0.2, 0.25) is 0 Å². The molecule has 1 saturated heterocycles. The van der Waals surface area contributed by atoms with Crippen LogP contribution in [0, 0.1) is 0 Å². The fraction of sp³-hybridized carbons (Fsp3) is 0.333. The van der Waals surface area contributed by atoms with Gasteiger partial charge in [0.05, 0.1) is 18.1 Å². The Morgan fingerprint density at radius 3 is 2.58 bits per heavy atom. The Morgan fingerprint density at radius 1 is 1.19 bits per heavy atom. The molecule has 7 nitrogen and oxygen atoms in total. The predicted molar refractivity (Wildman–Crippen MR) is 96.1 cm³/mol. The molecule has 0 atom stereocenters. The van der Waals surface area contributed by atoms with Gasteiger partial charge in [-0.25, -0.2) is 8.42 Å². The third kappa shape index (κ3) is 4.09. The number of morpholine rings is 1. The zero-order chi connectivity index (χ0) is 18.6. The van der Waals surface area contributed by atoms with E-state index in [0.29, 0.717) is 38.4 Å². The van der Waals surface area contributed by atoms with Crippen molar-refractivity contribution in [1.82, 2.24) is 14.2 Å². The van der Waals surface area contributed by atoms with Crippen LogP contribution in [0.15, 0.2) is 53.7 Å². The van der Waals surface area contributed by atoms with Crippen molar-refractivity contribution in [2.75, 3.05) is 33.4 Å². The van der Waals surface area contributed by atoms with E-state index in [2.05, 4.69) is 4.98 Å². The van der Waals surface area contributed by atoms with E-state index in [0.717, 1.165) is 5.56 Å². The Balaban J connectivity index is 1.79. The molecule has 0 saturated carbocycles. The number of ether oxygens (including phenoxy) is 1. The Labute approximate surface area is 153 Å². The number of nitrogens with zero attached hydrogens (tertiary/aromatic N) is 3. The number of sulfonamides is 1. The molecule has 8 heteroatoms. The maximum absolute atomic E-state index is 12.8. The standard InChI is InChI=1S/C18H21N3O4S/c1-20(14-15-5-7-19-8-6-15)18(22)16-3-2-4-17(13-16)26(23,24)21-9-11-25-12-10-21/h2-8,13H,9-12,14H2,1H3. The van der Waals surface area contributed by atoms with E-state index < -0.39 is 10.0 Å². The van der Waals surface area contributed by atoms with Gasteiger partial charge in [0, 0.05) is 44.6 Å². The van der Waals surface area contributed by atoms with Gasteiger partial charge in [0.25, 0.3) is 5.91 Å². The first-order chi connectivity index (χ1) is 12.5. The molecule has 1 aliphatic heterocycles. The van der Waals surface area contributed by atoms with Gasteiger partial charge in [-0.2, -0.15) is 4.31 Å². The topological polar surface area (TPSA) is 79.8 Å². The van der Waals surface area contributed by atoms with E-state index in [1.165, 1.54) is 16.4 Å².